The van der Waals surface area contributed by atoms with Crippen molar-refractivity contribution in [1.82, 2.24) is 10.6 Å². The van der Waals surface area contributed by atoms with Gasteiger partial charge in [0.1, 0.15) is 31.5 Å². The predicted octanol–water partition coefficient (Wildman–Crippen LogP) is 3.55. The Morgan fingerprint density at radius 2 is 1.77 bits per heavy atom. The van der Waals surface area contributed by atoms with Gasteiger partial charge in [-0.25, -0.2) is 4.79 Å². The van der Waals surface area contributed by atoms with Gasteiger partial charge in [0, 0.05) is 0 Å². The van der Waals surface area contributed by atoms with Crippen LogP contribution in [0.2, 0.25) is 0 Å². The molecule has 0 aliphatic rings. The number of amides is 2. The van der Waals surface area contributed by atoms with Crippen LogP contribution in [-0.4, -0.2) is 24.6 Å². The molecule has 0 bridgehead atoms. The third-order valence-corrected chi connectivity index (χ3v) is 4.17. The van der Waals surface area contributed by atoms with Gasteiger partial charge in [-0.3, -0.25) is 4.79 Å². The summed E-state index contributed by atoms with van der Waals surface area (Å²) in [6, 6.07) is 18.2. The van der Waals surface area contributed by atoms with Crippen LogP contribution in [0.5, 0.6) is 5.75 Å². The lowest BCUT2D eigenvalue weighted by Crippen LogP contribution is -2.47. The van der Waals surface area contributed by atoms with Crippen molar-refractivity contribution in [3.63, 3.8) is 0 Å². The highest BCUT2D eigenvalue weighted by Gasteiger charge is 2.22. The highest BCUT2D eigenvalue weighted by Crippen LogP contribution is 2.16. The molecule has 0 fully saturated rings. The van der Waals surface area contributed by atoms with E-state index in [4.69, 9.17) is 14.7 Å². The van der Waals surface area contributed by atoms with Crippen molar-refractivity contribution in [3.05, 3.63) is 65.7 Å². The second-order valence-corrected chi connectivity index (χ2v) is 7.20. The van der Waals surface area contributed by atoms with Gasteiger partial charge in [-0.05, 0) is 35.6 Å². The molecule has 0 saturated heterocycles. The number of hydrogen-bond acceptors (Lipinski definition) is 5. The van der Waals surface area contributed by atoms with Gasteiger partial charge in [-0.1, -0.05) is 56.3 Å². The predicted molar refractivity (Wildman–Crippen MR) is 112 cm³/mol. The first kappa shape index (κ1) is 22.8. The number of rotatable bonds is 10. The standard InChI is InChI=1S/C23H27N3O4/c1-17(2)13-21(22(27)25-12-11-24)26-23(28)30-16-19-9-6-10-20(14-19)29-15-18-7-4-3-5-8-18/h3-10,14,17,21H,12-13,15-16H2,1-2H3,(H,25,27)(H,26,28)/t21-/m0/s1. The van der Waals surface area contributed by atoms with E-state index >= 15 is 0 Å². The molecule has 0 aromatic heterocycles. The SMILES string of the molecule is CC(C)C[C@H](NC(=O)OCc1cccc(OCc2ccccc2)c1)C(=O)NCC#N. The summed E-state index contributed by atoms with van der Waals surface area (Å²) in [5, 5.41) is 13.6. The van der Waals surface area contributed by atoms with Crippen LogP contribution in [0.1, 0.15) is 31.4 Å². The molecule has 158 valence electrons. The second kappa shape index (κ2) is 12.1. The molecule has 0 aliphatic heterocycles. The molecule has 1 atom stereocenters. The normalized spacial score (nSPS) is 11.3. The average molecular weight is 409 g/mol. The molecular weight excluding hydrogens is 382 g/mol. The van der Waals surface area contributed by atoms with E-state index in [1.165, 1.54) is 0 Å². The van der Waals surface area contributed by atoms with E-state index < -0.39 is 18.0 Å². The summed E-state index contributed by atoms with van der Waals surface area (Å²) in [5.74, 6) is 0.453. The summed E-state index contributed by atoms with van der Waals surface area (Å²) < 4.78 is 11.0. The maximum Gasteiger partial charge on any atom is 0.408 e. The van der Waals surface area contributed by atoms with Crippen LogP contribution in [0.15, 0.2) is 54.6 Å². The number of hydrogen-bond donors (Lipinski definition) is 2. The maximum absolute atomic E-state index is 12.2. The Labute approximate surface area is 177 Å². The molecule has 0 saturated carbocycles. The Bertz CT molecular complexity index is 862. The Kier molecular flexibility index (Phi) is 9.19. The van der Waals surface area contributed by atoms with Crippen LogP contribution in [0, 0.1) is 17.2 Å². The smallest absolute Gasteiger partial charge is 0.408 e. The molecule has 2 aromatic rings. The molecule has 7 nitrogen and oxygen atoms in total. The minimum absolute atomic E-state index is 0.0442. The highest BCUT2D eigenvalue weighted by molar-refractivity contribution is 5.85. The third-order valence-electron chi connectivity index (χ3n) is 4.17. The summed E-state index contributed by atoms with van der Waals surface area (Å²) in [7, 11) is 0. The number of nitrogens with one attached hydrogen (secondary N) is 2. The second-order valence-electron chi connectivity index (χ2n) is 7.20. The van der Waals surface area contributed by atoms with Crippen LogP contribution < -0.4 is 15.4 Å². The Hall–Kier alpha value is -3.53. The molecule has 0 radical (unpaired) electrons. The number of alkyl carbamates (subject to hydrolysis) is 1. The summed E-state index contributed by atoms with van der Waals surface area (Å²) >= 11 is 0. The fraction of sp³-hybridized carbons (Fsp3) is 0.348. The van der Waals surface area contributed by atoms with Gasteiger partial charge >= 0.3 is 6.09 Å². The van der Waals surface area contributed by atoms with E-state index in [0.29, 0.717) is 18.8 Å². The van der Waals surface area contributed by atoms with Gasteiger partial charge in [0.2, 0.25) is 5.91 Å². The summed E-state index contributed by atoms with van der Waals surface area (Å²) in [6.07, 6.45) is -0.252. The van der Waals surface area contributed by atoms with Crippen LogP contribution >= 0.6 is 0 Å². The van der Waals surface area contributed by atoms with Gasteiger partial charge < -0.3 is 20.1 Å². The van der Waals surface area contributed by atoms with Crippen LogP contribution in [0.25, 0.3) is 0 Å². The zero-order valence-electron chi connectivity index (χ0n) is 17.3. The molecule has 0 aliphatic carbocycles. The lowest BCUT2D eigenvalue weighted by molar-refractivity contribution is -0.123. The molecule has 0 unspecified atom stereocenters. The fourth-order valence-electron chi connectivity index (χ4n) is 2.75. The number of carbonyl (C=O) groups excluding carboxylic acids is 2. The van der Waals surface area contributed by atoms with Gasteiger partial charge in [-0.2, -0.15) is 5.26 Å². The minimum atomic E-state index is -0.758. The van der Waals surface area contributed by atoms with Crippen LogP contribution in [-0.2, 0) is 22.7 Å². The molecule has 0 heterocycles. The molecule has 0 spiro atoms. The Morgan fingerprint density at radius 3 is 2.47 bits per heavy atom. The molecule has 2 aromatic carbocycles. The van der Waals surface area contributed by atoms with Crippen molar-refractivity contribution in [3.8, 4) is 11.8 Å². The van der Waals surface area contributed by atoms with E-state index in [2.05, 4.69) is 10.6 Å². The molecule has 2 amide bonds. The van der Waals surface area contributed by atoms with Crippen molar-refractivity contribution >= 4 is 12.0 Å². The van der Waals surface area contributed by atoms with Crippen molar-refractivity contribution in [2.24, 2.45) is 5.92 Å². The largest absolute Gasteiger partial charge is 0.489 e. The molecule has 2 N–H and O–H groups in total. The van der Waals surface area contributed by atoms with Crippen molar-refractivity contribution in [2.75, 3.05) is 6.54 Å². The van der Waals surface area contributed by atoms with Gasteiger partial charge in [0.15, 0.2) is 0 Å². The molecular formula is C23H27N3O4. The lowest BCUT2D eigenvalue weighted by Gasteiger charge is -2.19. The first-order chi connectivity index (χ1) is 14.5. The summed E-state index contributed by atoms with van der Waals surface area (Å²) in [5.41, 5.74) is 1.83. The Morgan fingerprint density at radius 1 is 1.03 bits per heavy atom. The zero-order chi connectivity index (χ0) is 21.8. The number of nitriles is 1. The third kappa shape index (κ3) is 8.23. The van der Waals surface area contributed by atoms with Crippen LogP contribution in [0.3, 0.4) is 0 Å². The fourth-order valence-corrected chi connectivity index (χ4v) is 2.75. The quantitative estimate of drug-likeness (QED) is 0.585. The molecule has 30 heavy (non-hydrogen) atoms. The maximum atomic E-state index is 12.2. The van der Waals surface area contributed by atoms with Crippen molar-refractivity contribution < 1.29 is 19.1 Å². The Balaban J connectivity index is 1.86. The molecule has 2 rings (SSSR count). The van der Waals surface area contributed by atoms with Crippen molar-refractivity contribution in [2.45, 2.75) is 39.5 Å². The number of benzene rings is 2. The summed E-state index contributed by atoms with van der Waals surface area (Å²) in [4.78, 5) is 24.3. The number of nitrogens with zero attached hydrogens (tertiary/aromatic N) is 1. The van der Waals surface area contributed by atoms with Gasteiger partial charge in [-0.15, -0.1) is 0 Å². The van der Waals surface area contributed by atoms with Gasteiger partial charge in [0.25, 0.3) is 0 Å². The minimum Gasteiger partial charge on any atom is -0.489 e. The first-order valence-electron chi connectivity index (χ1n) is 9.81. The zero-order valence-corrected chi connectivity index (χ0v) is 17.3. The van der Waals surface area contributed by atoms with Crippen LogP contribution in [0.4, 0.5) is 4.79 Å². The number of ether oxygens (including phenoxy) is 2. The van der Waals surface area contributed by atoms with E-state index in [0.717, 1.165) is 11.1 Å². The van der Waals surface area contributed by atoms with E-state index in [1.54, 1.807) is 6.07 Å². The molecule has 7 heteroatoms. The van der Waals surface area contributed by atoms with Crippen molar-refractivity contribution in [1.29, 1.82) is 5.26 Å². The topological polar surface area (TPSA) is 100 Å². The first-order valence-corrected chi connectivity index (χ1v) is 9.81. The lowest BCUT2D eigenvalue weighted by atomic mass is 10.0. The highest BCUT2D eigenvalue weighted by atomic mass is 16.5. The number of carbonyl (C=O) groups is 2. The average Bonchev–Trinajstić information content (AvgIpc) is 2.75. The van der Waals surface area contributed by atoms with Gasteiger partial charge in [0.05, 0.1) is 6.07 Å². The summed E-state index contributed by atoms with van der Waals surface area (Å²) in [6.45, 7) is 4.26. The monoisotopic (exact) mass is 409 g/mol. The van der Waals surface area contributed by atoms with E-state index in [1.807, 2.05) is 68.4 Å². The van der Waals surface area contributed by atoms with E-state index in [-0.39, 0.29) is 19.1 Å². The van der Waals surface area contributed by atoms with E-state index in [9.17, 15) is 9.59 Å².